The van der Waals surface area contributed by atoms with Crippen LogP contribution < -0.4 is 0 Å². The van der Waals surface area contributed by atoms with Gasteiger partial charge in [-0.1, -0.05) is 0 Å². The number of carbonyl (C=O) groups is 1. The van der Waals surface area contributed by atoms with Crippen molar-refractivity contribution < 1.29 is 24.9 Å². The van der Waals surface area contributed by atoms with E-state index in [0.717, 1.165) is 0 Å². The quantitative estimate of drug-likeness (QED) is 0.415. The van der Waals surface area contributed by atoms with Crippen LogP contribution >= 0.6 is 0 Å². The van der Waals surface area contributed by atoms with Crippen LogP contribution in [-0.2, 0) is 9.53 Å². The van der Waals surface area contributed by atoms with Gasteiger partial charge in [-0.05, 0) is 6.92 Å². The molecule has 0 amide bonds. The number of ether oxygens (including phenoxy) is 1. The summed E-state index contributed by atoms with van der Waals surface area (Å²) < 4.78 is 4.55. The molecule has 1 rings (SSSR count). The van der Waals surface area contributed by atoms with Gasteiger partial charge in [-0.15, -0.1) is 0 Å². The van der Waals surface area contributed by atoms with Gasteiger partial charge in [0, 0.05) is 0 Å². The predicted molar refractivity (Wildman–Crippen MR) is 33.6 cm³/mol. The fraction of sp³-hybridized carbons (Fsp3) is 0.833. The predicted octanol–water partition coefficient (Wildman–Crippen LogP) is -1.99. The van der Waals surface area contributed by atoms with Crippen LogP contribution in [-0.4, -0.2) is 45.7 Å². The maximum absolute atomic E-state index is 10.6. The van der Waals surface area contributed by atoms with Crippen molar-refractivity contribution in [3.05, 3.63) is 0 Å². The highest BCUT2D eigenvalue weighted by molar-refractivity contribution is 5.81. The number of hydrogen-bond acceptors (Lipinski definition) is 5. The zero-order valence-electron chi connectivity index (χ0n) is 5.97. The first-order chi connectivity index (χ1) is 5.04. The number of Topliss-reactive ketones (excluding diaryl/α,β-unsaturated/α-hetero) is 1. The largest absolute Gasteiger partial charge is 0.387 e. The normalized spacial score (nSPS) is 44.4. The minimum atomic E-state index is -1.46. The van der Waals surface area contributed by atoms with E-state index in [0.29, 0.717) is 0 Å². The van der Waals surface area contributed by atoms with Crippen molar-refractivity contribution >= 4 is 5.78 Å². The minimum Gasteiger partial charge on any atom is -0.387 e. The van der Waals surface area contributed by atoms with Crippen LogP contribution in [0.25, 0.3) is 0 Å². The number of carbonyl (C=O) groups excluding carboxylic acids is 1. The molecule has 3 N–H and O–H groups in total. The Labute approximate surface area is 63.2 Å². The van der Waals surface area contributed by atoms with E-state index in [1.54, 1.807) is 0 Å². The summed E-state index contributed by atoms with van der Waals surface area (Å²) in [6.45, 7) is 1.22. The Hall–Kier alpha value is -0.490. The maximum Gasteiger partial charge on any atom is 0.184 e. The first-order valence-electron chi connectivity index (χ1n) is 3.24. The van der Waals surface area contributed by atoms with Gasteiger partial charge in [-0.25, -0.2) is 0 Å². The highest BCUT2D eigenvalue weighted by Crippen LogP contribution is 2.19. The van der Waals surface area contributed by atoms with E-state index >= 15 is 0 Å². The second-order valence-electron chi connectivity index (χ2n) is 2.54. The molecular formula is C6H10O5. The average molecular weight is 162 g/mol. The summed E-state index contributed by atoms with van der Waals surface area (Å²) in [7, 11) is 0. The zero-order valence-corrected chi connectivity index (χ0v) is 5.97. The Morgan fingerprint density at radius 1 is 1.27 bits per heavy atom. The molecule has 64 valence electrons. The molecule has 1 heterocycles. The number of aliphatic hydroxyl groups excluding tert-OH is 3. The molecule has 5 nitrogen and oxygen atoms in total. The van der Waals surface area contributed by atoms with E-state index in [1.165, 1.54) is 6.92 Å². The molecule has 1 aliphatic rings. The molecule has 0 aromatic carbocycles. The Bertz CT molecular complexity index is 168. The van der Waals surface area contributed by atoms with Gasteiger partial charge in [-0.2, -0.15) is 0 Å². The van der Waals surface area contributed by atoms with Crippen molar-refractivity contribution in [3.8, 4) is 0 Å². The van der Waals surface area contributed by atoms with Gasteiger partial charge in [0.1, 0.15) is 18.3 Å². The van der Waals surface area contributed by atoms with E-state index < -0.39 is 30.4 Å². The van der Waals surface area contributed by atoms with E-state index in [4.69, 9.17) is 15.3 Å². The number of ketones is 1. The maximum atomic E-state index is 10.6. The van der Waals surface area contributed by atoms with Crippen molar-refractivity contribution in [2.45, 2.75) is 31.5 Å². The van der Waals surface area contributed by atoms with Gasteiger partial charge in [0.25, 0.3) is 0 Å². The first kappa shape index (κ1) is 8.61. The number of hydrogen-bond donors (Lipinski definition) is 3. The van der Waals surface area contributed by atoms with Gasteiger partial charge in [-0.3, -0.25) is 4.79 Å². The summed E-state index contributed by atoms with van der Waals surface area (Å²) in [6, 6.07) is 0. The summed E-state index contributed by atoms with van der Waals surface area (Å²) >= 11 is 0. The molecule has 1 fully saturated rings. The summed E-state index contributed by atoms with van der Waals surface area (Å²) in [5, 5.41) is 26.8. The minimum absolute atomic E-state index is 0.409. The number of aliphatic hydroxyl groups is 3. The Balaban J connectivity index is 2.67. The lowest BCUT2D eigenvalue weighted by atomic mass is 10.1. The average Bonchev–Trinajstić information content (AvgIpc) is 2.17. The smallest absolute Gasteiger partial charge is 0.184 e. The second-order valence-corrected chi connectivity index (χ2v) is 2.54. The molecule has 0 radical (unpaired) electrons. The lowest BCUT2D eigenvalue weighted by molar-refractivity contribution is -0.147. The summed E-state index contributed by atoms with van der Waals surface area (Å²) in [5.74, 6) is -0.409. The van der Waals surface area contributed by atoms with Gasteiger partial charge in [0.15, 0.2) is 12.1 Å². The Kier molecular flexibility index (Phi) is 2.24. The Morgan fingerprint density at radius 3 is 2.00 bits per heavy atom. The molecule has 0 bridgehead atoms. The van der Waals surface area contributed by atoms with Crippen molar-refractivity contribution in [2.24, 2.45) is 0 Å². The standard InChI is InChI=1S/C6H10O5/c1-2(7)5-3(8)4(9)6(10)11-5/h3-6,8-10H,1H3/t3-,4-,5+,6+/m0/s1. The highest BCUT2D eigenvalue weighted by atomic mass is 16.6. The van der Waals surface area contributed by atoms with Crippen LogP contribution in [0.2, 0.25) is 0 Å². The van der Waals surface area contributed by atoms with Gasteiger partial charge in [0.05, 0.1) is 0 Å². The molecular weight excluding hydrogens is 152 g/mol. The van der Waals surface area contributed by atoms with Crippen molar-refractivity contribution in [1.29, 1.82) is 0 Å². The Morgan fingerprint density at radius 2 is 1.82 bits per heavy atom. The highest BCUT2D eigenvalue weighted by Gasteiger charge is 2.43. The van der Waals surface area contributed by atoms with Crippen molar-refractivity contribution in [3.63, 3.8) is 0 Å². The molecule has 0 aromatic rings. The molecule has 11 heavy (non-hydrogen) atoms. The third-order valence-corrected chi connectivity index (χ3v) is 1.64. The topological polar surface area (TPSA) is 87.0 Å². The van der Waals surface area contributed by atoms with Crippen LogP contribution in [0.1, 0.15) is 6.92 Å². The third kappa shape index (κ3) is 1.41. The molecule has 1 aliphatic heterocycles. The fourth-order valence-electron chi connectivity index (χ4n) is 0.995. The molecule has 4 atom stereocenters. The van der Waals surface area contributed by atoms with E-state index in [-0.39, 0.29) is 0 Å². The van der Waals surface area contributed by atoms with Crippen LogP contribution in [0.4, 0.5) is 0 Å². The lowest BCUT2D eigenvalue weighted by Gasteiger charge is -2.09. The second kappa shape index (κ2) is 2.86. The molecule has 5 heteroatoms. The summed E-state index contributed by atoms with van der Waals surface area (Å²) in [5.41, 5.74) is 0. The third-order valence-electron chi connectivity index (χ3n) is 1.64. The van der Waals surface area contributed by atoms with Crippen LogP contribution in [0.5, 0.6) is 0 Å². The van der Waals surface area contributed by atoms with Crippen molar-refractivity contribution in [1.82, 2.24) is 0 Å². The molecule has 0 aromatic heterocycles. The van der Waals surface area contributed by atoms with E-state index in [2.05, 4.69) is 4.74 Å². The zero-order chi connectivity index (χ0) is 8.59. The van der Waals surface area contributed by atoms with Crippen molar-refractivity contribution in [2.75, 3.05) is 0 Å². The number of rotatable bonds is 1. The van der Waals surface area contributed by atoms with E-state index in [9.17, 15) is 4.79 Å². The molecule has 0 unspecified atom stereocenters. The van der Waals surface area contributed by atoms with Crippen LogP contribution in [0.3, 0.4) is 0 Å². The van der Waals surface area contributed by atoms with Crippen LogP contribution in [0, 0.1) is 0 Å². The van der Waals surface area contributed by atoms with Gasteiger partial charge >= 0.3 is 0 Å². The van der Waals surface area contributed by atoms with E-state index in [1.807, 2.05) is 0 Å². The molecule has 0 saturated carbocycles. The fourth-order valence-corrected chi connectivity index (χ4v) is 0.995. The molecule has 0 aliphatic carbocycles. The summed E-state index contributed by atoms with van der Waals surface area (Å²) in [4.78, 5) is 10.6. The first-order valence-corrected chi connectivity index (χ1v) is 3.24. The van der Waals surface area contributed by atoms with Gasteiger partial charge < -0.3 is 20.1 Å². The molecule has 0 spiro atoms. The monoisotopic (exact) mass is 162 g/mol. The van der Waals surface area contributed by atoms with Crippen LogP contribution in [0.15, 0.2) is 0 Å². The lowest BCUT2D eigenvalue weighted by Crippen LogP contribution is -2.35. The summed E-state index contributed by atoms with van der Waals surface area (Å²) in [6.07, 6.45) is -5.26. The van der Waals surface area contributed by atoms with Gasteiger partial charge in [0.2, 0.25) is 0 Å². The SMILES string of the molecule is CC(=O)[C@H]1O[C@@H](O)[C@@H](O)[C@@H]1O. The molecule has 1 saturated heterocycles.